The van der Waals surface area contributed by atoms with Gasteiger partial charge in [0, 0.05) is 24.8 Å². The second kappa shape index (κ2) is 9.43. The number of nitrogens with one attached hydrogen (secondary N) is 1. The van der Waals surface area contributed by atoms with Gasteiger partial charge >= 0.3 is 0 Å². The number of hydrogen-bond acceptors (Lipinski definition) is 4. The molecule has 158 valence electrons. The summed E-state index contributed by atoms with van der Waals surface area (Å²) < 4.78 is 5.82. The quantitative estimate of drug-likeness (QED) is 0.636. The van der Waals surface area contributed by atoms with E-state index in [1.54, 1.807) is 17.2 Å². The van der Waals surface area contributed by atoms with Crippen molar-refractivity contribution in [2.24, 2.45) is 0 Å². The van der Waals surface area contributed by atoms with Crippen molar-refractivity contribution in [2.75, 3.05) is 11.9 Å². The Morgan fingerprint density at radius 2 is 1.97 bits per heavy atom. The van der Waals surface area contributed by atoms with Crippen LogP contribution >= 0.6 is 0 Å². The number of aromatic nitrogens is 1. The number of ether oxygens (including phenoxy) is 1. The van der Waals surface area contributed by atoms with Gasteiger partial charge in [0.25, 0.3) is 5.91 Å². The molecule has 0 fully saturated rings. The first-order valence-corrected chi connectivity index (χ1v) is 10.4. The van der Waals surface area contributed by atoms with E-state index in [2.05, 4.69) is 16.4 Å². The molecule has 1 N–H and O–H groups in total. The lowest BCUT2D eigenvalue weighted by Gasteiger charge is -2.23. The molecule has 6 nitrogen and oxygen atoms in total. The monoisotopic (exact) mass is 415 g/mol. The average Bonchev–Trinajstić information content (AvgIpc) is 2.78. The van der Waals surface area contributed by atoms with Gasteiger partial charge in [-0.1, -0.05) is 35.9 Å². The highest BCUT2D eigenvalue weighted by atomic mass is 16.5. The Kier molecular flexibility index (Phi) is 6.26. The Morgan fingerprint density at radius 3 is 2.77 bits per heavy atom. The van der Waals surface area contributed by atoms with Crippen molar-refractivity contribution >= 4 is 17.5 Å². The highest BCUT2D eigenvalue weighted by Gasteiger charge is 2.18. The third kappa shape index (κ3) is 5.48. The summed E-state index contributed by atoms with van der Waals surface area (Å²) in [6, 6.07) is 19.3. The number of carbonyl (C=O) groups excluding carboxylic acids is 2. The Balaban J connectivity index is 1.45. The lowest BCUT2D eigenvalue weighted by atomic mass is 10.0. The van der Waals surface area contributed by atoms with Gasteiger partial charge in [0.2, 0.25) is 5.91 Å². The van der Waals surface area contributed by atoms with Crippen LogP contribution in [0.5, 0.6) is 5.75 Å². The minimum absolute atomic E-state index is 0.0256. The van der Waals surface area contributed by atoms with Crippen molar-refractivity contribution in [3.8, 4) is 5.75 Å². The molecule has 0 unspecified atom stereocenters. The smallest absolute Gasteiger partial charge is 0.261 e. The van der Waals surface area contributed by atoms with Gasteiger partial charge in [-0.2, -0.15) is 0 Å². The van der Waals surface area contributed by atoms with Crippen molar-refractivity contribution in [3.05, 3.63) is 89.2 Å². The molecule has 0 spiro atoms. The average molecular weight is 415 g/mol. The molecular formula is C25H25N3O3. The lowest BCUT2D eigenvalue weighted by molar-refractivity contribution is -0.134. The zero-order valence-electron chi connectivity index (χ0n) is 17.5. The van der Waals surface area contributed by atoms with Gasteiger partial charge in [-0.25, -0.2) is 0 Å². The molecule has 0 atom stereocenters. The van der Waals surface area contributed by atoms with Crippen LogP contribution in [0.2, 0.25) is 0 Å². The Bertz CT molecular complexity index is 1080. The van der Waals surface area contributed by atoms with Crippen LogP contribution in [-0.2, 0) is 29.1 Å². The molecule has 31 heavy (non-hydrogen) atoms. The summed E-state index contributed by atoms with van der Waals surface area (Å²) in [5.74, 6) is 0.535. The largest absolute Gasteiger partial charge is 0.484 e. The number of fused-ring (bicyclic) bond motifs is 1. The fraction of sp³-hybridized carbons (Fsp3) is 0.240. The van der Waals surface area contributed by atoms with Crippen LogP contribution in [0.4, 0.5) is 5.69 Å². The predicted octanol–water partition coefficient (Wildman–Crippen LogP) is 3.88. The van der Waals surface area contributed by atoms with E-state index in [4.69, 9.17) is 4.74 Å². The summed E-state index contributed by atoms with van der Waals surface area (Å²) in [7, 11) is 0. The second-order valence-corrected chi connectivity index (χ2v) is 7.72. The zero-order chi connectivity index (χ0) is 21.6. The highest BCUT2D eigenvalue weighted by molar-refractivity contribution is 5.94. The fourth-order valence-electron chi connectivity index (χ4n) is 3.64. The Labute approximate surface area is 181 Å². The molecule has 3 aromatic rings. The Hall–Kier alpha value is -3.67. The summed E-state index contributed by atoms with van der Waals surface area (Å²) in [5, 5.41) is 2.85. The van der Waals surface area contributed by atoms with Crippen molar-refractivity contribution in [2.45, 2.75) is 32.9 Å². The number of rotatable bonds is 7. The number of aryl methyl sites for hydroxylation is 2. The van der Waals surface area contributed by atoms with Gasteiger partial charge in [-0.15, -0.1) is 0 Å². The number of amides is 2. The van der Waals surface area contributed by atoms with Gasteiger partial charge < -0.3 is 15.0 Å². The minimum Gasteiger partial charge on any atom is -0.484 e. The highest BCUT2D eigenvalue weighted by Crippen LogP contribution is 2.26. The van der Waals surface area contributed by atoms with E-state index in [1.165, 1.54) is 0 Å². The zero-order valence-corrected chi connectivity index (χ0v) is 17.5. The van der Waals surface area contributed by atoms with E-state index >= 15 is 0 Å². The molecule has 2 aromatic carbocycles. The molecule has 0 bridgehead atoms. The van der Waals surface area contributed by atoms with Gasteiger partial charge in [0.15, 0.2) is 6.61 Å². The molecule has 0 saturated heterocycles. The lowest BCUT2D eigenvalue weighted by Crippen LogP contribution is -2.34. The van der Waals surface area contributed by atoms with Gasteiger partial charge in [0.05, 0.1) is 12.2 Å². The number of pyridine rings is 1. The molecule has 0 radical (unpaired) electrons. The normalized spacial score (nSPS) is 12.6. The van der Waals surface area contributed by atoms with E-state index in [9.17, 15) is 9.59 Å². The summed E-state index contributed by atoms with van der Waals surface area (Å²) in [6.07, 6.45) is 2.86. The third-order valence-corrected chi connectivity index (χ3v) is 5.22. The van der Waals surface area contributed by atoms with Crippen LogP contribution in [0.1, 0.15) is 28.8 Å². The maximum Gasteiger partial charge on any atom is 0.261 e. The third-order valence-electron chi connectivity index (χ3n) is 5.22. The van der Waals surface area contributed by atoms with Crippen LogP contribution in [0.25, 0.3) is 0 Å². The summed E-state index contributed by atoms with van der Waals surface area (Å²) >= 11 is 0. The molecular weight excluding hydrogens is 390 g/mol. The molecule has 0 saturated carbocycles. The molecule has 1 aliphatic rings. The molecule has 4 rings (SSSR count). The standard InChI is InChI=1S/C25H25N3O3/c1-18-5-4-6-19(13-18)15-28(16-21-7-2-3-12-26-21)25(30)17-31-22-9-10-23-20(14-22)8-11-24(29)27-23/h2-7,9-10,12-14H,8,11,15-17H2,1H3,(H,27,29). The van der Waals surface area contributed by atoms with Crippen LogP contribution < -0.4 is 10.1 Å². The summed E-state index contributed by atoms with van der Waals surface area (Å²) in [5.41, 5.74) is 4.88. The first kappa shape index (κ1) is 20.6. The summed E-state index contributed by atoms with van der Waals surface area (Å²) in [4.78, 5) is 30.7. The number of anilines is 1. The van der Waals surface area contributed by atoms with Crippen molar-refractivity contribution in [1.29, 1.82) is 0 Å². The minimum atomic E-state index is -0.113. The van der Waals surface area contributed by atoms with Crippen LogP contribution in [-0.4, -0.2) is 28.3 Å². The number of carbonyl (C=O) groups is 2. The van der Waals surface area contributed by atoms with Gasteiger partial charge in [0.1, 0.15) is 5.75 Å². The number of benzene rings is 2. The number of hydrogen-bond donors (Lipinski definition) is 1. The van der Waals surface area contributed by atoms with E-state index < -0.39 is 0 Å². The van der Waals surface area contributed by atoms with E-state index in [1.807, 2.05) is 55.5 Å². The fourth-order valence-corrected chi connectivity index (χ4v) is 3.64. The van der Waals surface area contributed by atoms with E-state index in [0.29, 0.717) is 31.7 Å². The summed E-state index contributed by atoms with van der Waals surface area (Å²) in [6.45, 7) is 2.86. The first-order valence-electron chi connectivity index (χ1n) is 10.4. The van der Waals surface area contributed by atoms with Gasteiger partial charge in [-0.05, 0) is 54.8 Å². The van der Waals surface area contributed by atoms with Crippen LogP contribution in [0.3, 0.4) is 0 Å². The maximum absolute atomic E-state index is 13.1. The number of nitrogens with zero attached hydrogens (tertiary/aromatic N) is 2. The molecule has 2 heterocycles. The van der Waals surface area contributed by atoms with Crippen molar-refractivity contribution in [1.82, 2.24) is 9.88 Å². The second-order valence-electron chi connectivity index (χ2n) is 7.72. The molecule has 0 aliphatic carbocycles. The molecule has 1 aromatic heterocycles. The van der Waals surface area contributed by atoms with Crippen LogP contribution in [0, 0.1) is 6.92 Å². The maximum atomic E-state index is 13.1. The molecule has 1 aliphatic heterocycles. The van der Waals surface area contributed by atoms with E-state index in [-0.39, 0.29) is 18.4 Å². The van der Waals surface area contributed by atoms with Crippen molar-refractivity contribution in [3.63, 3.8) is 0 Å². The predicted molar refractivity (Wildman–Crippen MR) is 119 cm³/mol. The molecule has 6 heteroatoms. The first-order chi connectivity index (χ1) is 15.1. The SMILES string of the molecule is Cc1cccc(CN(Cc2ccccn2)C(=O)COc2ccc3c(c2)CCC(=O)N3)c1. The van der Waals surface area contributed by atoms with Crippen molar-refractivity contribution < 1.29 is 14.3 Å². The Morgan fingerprint density at radius 1 is 1.06 bits per heavy atom. The van der Waals surface area contributed by atoms with E-state index in [0.717, 1.165) is 28.1 Å². The topological polar surface area (TPSA) is 71.5 Å². The molecule has 2 amide bonds. The van der Waals surface area contributed by atoms with Gasteiger partial charge in [-0.3, -0.25) is 14.6 Å². The van der Waals surface area contributed by atoms with Crippen LogP contribution in [0.15, 0.2) is 66.9 Å².